The van der Waals surface area contributed by atoms with E-state index in [1.54, 1.807) is 48.5 Å². The number of Topliss-reactive ketones (excluding diaryl/α,β-unsaturated/α-hetero) is 1. The summed E-state index contributed by atoms with van der Waals surface area (Å²) < 4.78 is 0. The average molecular weight is 317 g/mol. The summed E-state index contributed by atoms with van der Waals surface area (Å²) in [5, 5.41) is 1.21. The average Bonchev–Trinajstić information content (AvgIpc) is 2.39. The van der Waals surface area contributed by atoms with Crippen LogP contribution in [0.25, 0.3) is 0 Å². The number of halogens is 3. The molecule has 100 valence electrons. The maximum Gasteiger partial charge on any atom is 0.184 e. The van der Waals surface area contributed by atoms with Gasteiger partial charge in [-0.2, -0.15) is 0 Å². The molecule has 0 heterocycles. The molecule has 0 saturated carbocycles. The number of rotatable bonds is 3. The number of hydrogen-bond acceptors (Lipinski definition) is 2. The predicted octanol–water partition coefficient (Wildman–Crippen LogP) is 4.30. The van der Waals surface area contributed by atoms with Crippen LogP contribution in [0, 0.1) is 0 Å². The van der Waals surface area contributed by atoms with Crippen molar-refractivity contribution in [3.05, 3.63) is 69.7 Å². The molecule has 2 nitrogen and oxygen atoms in total. The van der Waals surface area contributed by atoms with Gasteiger partial charge in [0.25, 0.3) is 0 Å². The smallest absolute Gasteiger partial charge is 0.184 e. The first-order valence-electron chi connectivity index (χ1n) is 5.39. The molecule has 19 heavy (non-hydrogen) atoms. The van der Waals surface area contributed by atoms with Crippen molar-refractivity contribution in [2.75, 3.05) is 0 Å². The molecule has 0 fully saturated rings. The van der Waals surface area contributed by atoms with E-state index in [0.29, 0.717) is 15.6 Å². The minimum absolute atomic E-state index is 0. The van der Waals surface area contributed by atoms with Crippen LogP contribution in [0.5, 0.6) is 0 Å². The van der Waals surface area contributed by atoms with E-state index in [9.17, 15) is 4.79 Å². The second kappa shape index (κ2) is 6.92. The summed E-state index contributed by atoms with van der Waals surface area (Å²) in [6.07, 6.45) is 0. The highest BCUT2D eigenvalue weighted by atomic mass is 35.5. The fourth-order valence-corrected chi connectivity index (χ4v) is 1.87. The summed E-state index contributed by atoms with van der Waals surface area (Å²) in [4.78, 5) is 12.1. The van der Waals surface area contributed by atoms with Gasteiger partial charge in [0, 0.05) is 15.6 Å². The third-order valence-electron chi connectivity index (χ3n) is 2.64. The molecule has 2 aromatic rings. The summed E-state index contributed by atoms with van der Waals surface area (Å²) in [6, 6.07) is 12.9. The van der Waals surface area contributed by atoms with Gasteiger partial charge >= 0.3 is 0 Å². The fourth-order valence-electron chi connectivity index (χ4n) is 1.62. The van der Waals surface area contributed by atoms with Gasteiger partial charge in [-0.25, -0.2) is 0 Å². The van der Waals surface area contributed by atoms with Crippen molar-refractivity contribution < 1.29 is 4.79 Å². The SMILES string of the molecule is Cl.NC(C(=O)c1ccc(Cl)cc1)c1ccc(Cl)cc1. The third kappa shape index (κ3) is 3.95. The second-order valence-corrected chi connectivity index (χ2v) is 4.77. The lowest BCUT2D eigenvalue weighted by Gasteiger charge is -2.11. The van der Waals surface area contributed by atoms with Gasteiger partial charge in [-0.1, -0.05) is 35.3 Å². The van der Waals surface area contributed by atoms with Crippen LogP contribution in [0.4, 0.5) is 0 Å². The maximum atomic E-state index is 12.1. The molecule has 0 aliphatic rings. The van der Waals surface area contributed by atoms with Crippen molar-refractivity contribution >= 4 is 41.4 Å². The standard InChI is InChI=1S/C14H11Cl2NO.ClH/c15-11-5-1-9(2-6-11)13(17)14(18)10-3-7-12(16)8-4-10;/h1-8,13H,17H2;1H. The van der Waals surface area contributed by atoms with Crippen molar-refractivity contribution in [1.82, 2.24) is 0 Å². The predicted molar refractivity (Wildman–Crippen MR) is 81.4 cm³/mol. The van der Waals surface area contributed by atoms with Crippen LogP contribution in [-0.2, 0) is 0 Å². The minimum atomic E-state index is -0.691. The molecule has 1 atom stereocenters. The summed E-state index contributed by atoms with van der Waals surface area (Å²) in [7, 11) is 0. The largest absolute Gasteiger partial charge is 0.318 e. The van der Waals surface area contributed by atoms with E-state index in [2.05, 4.69) is 0 Å². The number of nitrogens with two attached hydrogens (primary N) is 1. The van der Waals surface area contributed by atoms with Crippen LogP contribution in [0.3, 0.4) is 0 Å². The Hall–Kier alpha value is -1.06. The number of hydrogen-bond donors (Lipinski definition) is 1. The van der Waals surface area contributed by atoms with Gasteiger partial charge in [0.05, 0.1) is 6.04 Å². The van der Waals surface area contributed by atoms with Crippen molar-refractivity contribution in [2.45, 2.75) is 6.04 Å². The lowest BCUT2D eigenvalue weighted by atomic mass is 9.98. The molecule has 0 radical (unpaired) electrons. The molecule has 2 rings (SSSR count). The monoisotopic (exact) mass is 315 g/mol. The van der Waals surface area contributed by atoms with Crippen LogP contribution >= 0.6 is 35.6 Å². The zero-order valence-electron chi connectivity index (χ0n) is 9.85. The Kier molecular flexibility index (Phi) is 5.83. The van der Waals surface area contributed by atoms with E-state index in [-0.39, 0.29) is 18.2 Å². The highest BCUT2D eigenvalue weighted by Gasteiger charge is 2.17. The van der Waals surface area contributed by atoms with E-state index in [4.69, 9.17) is 28.9 Å². The quantitative estimate of drug-likeness (QED) is 0.858. The zero-order chi connectivity index (χ0) is 13.1. The molecule has 0 saturated heterocycles. The maximum absolute atomic E-state index is 12.1. The van der Waals surface area contributed by atoms with Crippen molar-refractivity contribution in [3.63, 3.8) is 0 Å². The first-order valence-corrected chi connectivity index (χ1v) is 6.14. The van der Waals surface area contributed by atoms with Gasteiger partial charge in [-0.05, 0) is 42.0 Å². The molecule has 2 N–H and O–H groups in total. The summed E-state index contributed by atoms with van der Waals surface area (Å²) >= 11 is 11.6. The van der Waals surface area contributed by atoms with Gasteiger partial charge in [0.2, 0.25) is 0 Å². The number of benzene rings is 2. The molecule has 0 aliphatic heterocycles. The van der Waals surface area contributed by atoms with Crippen molar-refractivity contribution in [2.24, 2.45) is 5.73 Å². The molecule has 0 bridgehead atoms. The first-order chi connectivity index (χ1) is 8.58. The van der Waals surface area contributed by atoms with Crippen molar-refractivity contribution in [3.8, 4) is 0 Å². The molecular weight excluding hydrogens is 305 g/mol. The van der Waals surface area contributed by atoms with E-state index in [1.165, 1.54) is 0 Å². The Balaban J connectivity index is 0.00000180. The van der Waals surface area contributed by atoms with Crippen LogP contribution in [0.2, 0.25) is 10.0 Å². The Morgan fingerprint density at radius 1 is 0.895 bits per heavy atom. The Labute approximate surface area is 127 Å². The van der Waals surface area contributed by atoms with Gasteiger partial charge in [0.15, 0.2) is 5.78 Å². The lowest BCUT2D eigenvalue weighted by molar-refractivity contribution is 0.0961. The third-order valence-corrected chi connectivity index (χ3v) is 3.14. The van der Waals surface area contributed by atoms with Crippen LogP contribution in [-0.4, -0.2) is 5.78 Å². The molecule has 5 heteroatoms. The molecule has 0 amide bonds. The van der Waals surface area contributed by atoms with Gasteiger partial charge < -0.3 is 5.73 Å². The van der Waals surface area contributed by atoms with E-state index in [1.807, 2.05) is 0 Å². The van der Waals surface area contributed by atoms with Gasteiger partial charge in [-0.3, -0.25) is 4.79 Å². The Morgan fingerprint density at radius 2 is 1.32 bits per heavy atom. The Morgan fingerprint density at radius 3 is 1.79 bits per heavy atom. The summed E-state index contributed by atoms with van der Waals surface area (Å²) in [6.45, 7) is 0. The van der Waals surface area contributed by atoms with Crippen LogP contribution in [0.15, 0.2) is 48.5 Å². The van der Waals surface area contributed by atoms with Crippen LogP contribution in [0.1, 0.15) is 22.0 Å². The molecule has 0 spiro atoms. The minimum Gasteiger partial charge on any atom is -0.318 e. The first kappa shape index (κ1) is 16.0. The summed E-state index contributed by atoms with van der Waals surface area (Å²) in [5.74, 6) is -0.144. The van der Waals surface area contributed by atoms with Gasteiger partial charge in [0.1, 0.15) is 0 Å². The zero-order valence-corrected chi connectivity index (χ0v) is 12.2. The second-order valence-electron chi connectivity index (χ2n) is 3.90. The van der Waals surface area contributed by atoms with Crippen molar-refractivity contribution in [1.29, 1.82) is 0 Å². The number of carbonyl (C=O) groups excluding carboxylic acids is 1. The highest BCUT2D eigenvalue weighted by Crippen LogP contribution is 2.19. The number of carbonyl (C=O) groups is 1. The van der Waals surface area contributed by atoms with Gasteiger partial charge in [-0.15, -0.1) is 12.4 Å². The topological polar surface area (TPSA) is 43.1 Å². The molecule has 0 aliphatic carbocycles. The number of ketones is 1. The van der Waals surface area contributed by atoms with E-state index in [0.717, 1.165) is 5.56 Å². The molecular formula is C14H12Cl3NO. The van der Waals surface area contributed by atoms with E-state index < -0.39 is 6.04 Å². The van der Waals surface area contributed by atoms with Crippen LogP contribution < -0.4 is 5.73 Å². The fraction of sp³-hybridized carbons (Fsp3) is 0.0714. The highest BCUT2D eigenvalue weighted by molar-refractivity contribution is 6.31. The molecule has 1 unspecified atom stereocenters. The summed E-state index contributed by atoms with van der Waals surface area (Å²) in [5.41, 5.74) is 7.21. The molecule has 2 aromatic carbocycles. The normalized spacial score (nSPS) is 11.5. The Bertz CT molecular complexity index is 552. The van der Waals surface area contributed by atoms with E-state index >= 15 is 0 Å². The molecule has 0 aromatic heterocycles. The lowest BCUT2D eigenvalue weighted by Crippen LogP contribution is -2.21.